The third-order valence-electron chi connectivity index (χ3n) is 4.11. The first-order valence-electron chi connectivity index (χ1n) is 8.62. The average molecular weight is 372 g/mol. The van der Waals surface area contributed by atoms with Crippen LogP contribution in [-0.4, -0.2) is 20.9 Å². The van der Waals surface area contributed by atoms with E-state index in [2.05, 4.69) is 15.6 Å². The van der Waals surface area contributed by atoms with E-state index in [1.165, 1.54) is 10.7 Å². The Balaban J connectivity index is 1.44. The Morgan fingerprint density at radius 2 is 1.85 bits per heavy atom. The summed E-state index contributed by atoms with van der Waals surface area (Å²) in [6.07, 6.45) is 2.24. The number of halogens is 2. The van der Waals surface area contributed by atoms with Crippen LogP contribution in [0.1, 0.15) is 25.7 Å². The molecule has 27 heavy (non-hydrogen) atoms. The fourth-order valence-electron chi connectivity index (χ4n) is 2.69. The molecule has 0 aliphatic carbocycles. The fraction of sp³-hybridized carbons (Fsp3) is 0.263. The molecule has 0 atom stereocenters. The first kappa shape index (κ1) is 18.6. The van der Waals surface area contributed by atoms with Crippen molar-refractivity contribution in [3.05, 3.63) is 64.5 Å². The average Bonchev–Trinajstić information content (AvgIpc) is 2.66. The molecule has 0 aliphatic heterocycles. The monoisotopic (exact) mass is 372 g/mol. The Bertz CT molecular complexity index is 1020. The van der Waals surface area contributed by atoms with Crippen LogP contribution in [0.15, 0.2) is 47.3 Å². The van der Waals surface area contributed by atoms with E-state index in [0.29, 0.717) is 36.7 Å². The first-order valence-corrected chi connectivity index (χ1v) is 8.62. The van der Waals surface area contributed by atoms with Crippen molar-refractivity contribution < 1.29 is 13.6 Å². The maximum atomic E-state index is 13.1. The molecule has 3 aromatic rings. The van der Waals surface area contributed by atoms with Gasteiger partial charge in [0.25, 0.3) is 5.56 Å². The van der Waals surface area contributed by atoms with E-state index in [4.69, 9.17) is 0 Å². The highest BCUT2D eigenvalue weighted by molar-refractivity contribution is 5.90. The Kier molecular flexibility index (Phi) is 5.85. The number of nitrogens with zero attached hydrogens (tertiary/aromatic N) is 3. The molecule has 1 heterocycles. The Morgan fingerprint density at radius 3 is 2.67 bits per heavy atom. The minimum atomic E-state index is -1.00. The second-order valence-electron chi connectivity index (χ2n) is 6.12. The molecule has 1 N–H and O–H groups in total. The van der Waals surface area contributed by atoms with Crippen LogP contribution in [0.2, 0.25) is 0 Å². The van der Waals surface area contributed by atoms with E-state index in [0.717, 1.165) is 12.1 Å². The summed E-state index contributed by atoms with van der Waals surface area (Å²) in [6.45, 7) is 0.418. The SMILES string of the molecule is O=C(CCCCCn1nnc2ccccc2c1=O)Nc1ccc(F)c(F)c1. The summed E-state index contributed by atoms with van der Waals surface area (Å²) in [4.78, 5) is 24.1. The quantitative estimate of drug-likeness (QED) is 0.646. The number of hydrogen-bond acceptors (Lipinski definition) is 4. The summed E-state index contributed by atoms with van der Waals surface area (Å²) in [5.41, 5.74) is 0.598. The van der Waals surface area contributed by atoms with Gasteiger partial charge in [0.15, 0.2) is 11.6 Å². The van der Waals surface area contributed by atoms with Crippen LogP contribution in [-0.2, 0) is 11.3 Å². The molecule has 140 valence electrons. The van der Waals surface area contributed by atoms with Crippen molar-refractivity contribution in [3.63, 3.8) is 0 Å². The highest BCUT2D eigenvalue weighted by atomic mass is 19.2. The van der Waals surface area contributed by atoms with Gasteiger partial charge in [-0.05, 0) is 37.1 Å². The number of nitrogens with one attached hydrogen (secondary N) is 1. The lowest BCUT2D eigenvalue weighted by Crippen LogP contribution is -2.24. The lowest BCUT2D eigenvalue weighted by Gasteiger charge is -2.06. The van der Waals surface area contributed by atoms with Crippen molar-refractivity contribution in [1.29, 1.82) is 0 Å². The van der Waals surface area contributed by atoms with Crippen LogP contribution >= 0.6 is 0 Å². The molecule has 0 unspecified atom stereocenters. The van der Waals surface area contributed by atoms with E-state index in [9.17, 15) is 18.4 Å². The van der Waals surface area contributed by atoms with Crippen molar-refractivity contribution >= 4 is 22.5 Å². The van der Waals surface area contributed by atoms with Gasteiger partial charge in [-0.15, -0.1) is 5.10 Å². The lowest BCUT2D eigenvalue weighted by atomic mass is 10.2. The molecule has 0 aliphatic rings. The number of fused-ring (bicyclic) bond motifs is 1. The number of hydrogen-bond donors (Lipinski definition) is 1. The number of aromatic nitrogens is 3. The van der Waals surface area contributed by atoms with Gasteiger partial charge in [-0.1, -0.05) is 23.8 Å². The van der Waals surface area contributed by atoms with E-state index < -0.39 is 11.6 Å². The minimum absolute atomic E-state index is 0.184. The van der Waals surface area contributed by atoms with Gasteiger partial charge in [0.1, 0.15) is 5.52 Å². The van der Waals surface area contributed by atoms with Gasteiger partial charge in [-0.25, -0.2) is 13.5 Å². The van der Waals surface area contributed by atoms with Crippen LogP contribution in [0.4, 0.5) is 14.5 Å². The minimum Gasteiger partial charge on any atom is -0.326 e. The summed E-state index contributed by atoms with van der Waals surface area (Å²) in [5, 5.41) is 11.0. The summed E-state index contributed by atoms with van der Waals surface area (Å²) in [7, 11) is 0. The van der Waals surface area contributed by atoms with Crippen molar-refractivity contribution in [2.75, 3.05) is 5.32 Å². The molecule has 0 saturated carbocycles. The molecule has 8 heteroatoms. The van der Waals surface area contributed by atoms with Crippen LogP contribution in [0.25, 0.3) is 10.9 Å². The predicted molar refractivity (Wildman–Crippen MR) is 97.3 cm³/mol. The third kappa shape index (κ3) is 4.72. The van der Waals surface area contributed by atoms with Crippen molar-refractivity contribution in [1.82, 2.24) is 15.0 Å². The maximum Gasteiger partial charge on any atom is 0.277 e. The van der Waals surface area contributed by atoms with Crippen molar-refractivity contribution in [2.24, 2.45) is 0 Å². The number of amides is 1. The molecule has 6 nitrogen and oxygen atoms in total. The van der Waals surface area contributed by atoms with Gasteiger partial charge in [0.05, 0.1) is 5.39 Å². The first-order chi connectivity index (χ1) is 13.0. The summed E-state index contributed by atoms with van der Waals surface area (Å²) < 4.78 is 27.3. The number of carbonyl (C=O) groups is 1. The second-order valence-corrected chi connectivity index (χ2v) is 6.12. The molecule has 1 aromatic heterocycles. The number of benzene rings is 2. The highest BCUT2D eigenvalue weighted by Gasteiger charge is 2.07. The van der Waals surface area contributed by atoms with Gasteiger partial charge in [0.2, 0.25) is 5.91 Å². The Hall–Kier alpha value is -3.16. The predicted octanol–water partition coefficient (Wildman–Crippen LogP) is 3.27. The normalized spacial score (nSPS) is 10.9. The Labute approximate surface area is 153 Å². The third-order valence-corrected chi connectivity index (χ3v) is 4.11. The number of unbranched alkanes of at least 4 members (excludes halogenated alkanes) is 2. The van der Waals surface area contributed by atoms with E-state index in [1.54, 1.807) is 24.3 Å². The molecule has 0 spiro atoms. The van der Waals surface area contributed by atoms with Crippen molar-refractivity contribution in [3.8, 4) is 0 Å². The zero-order chi connectivity index (χ0) is 19.2. The van der Waals surface area contributed by atoms with E-state index in [1.807, 2.05) is 0 Å². The number of carbonyl (C=O) groups excluding carboxylic acids is 1. The maximum absolute atomic E-state index is 13.1. The number of anilines is 1. The molecule has 3 rings (SSSR count). The van der Waals surface area contributed by atoms with Gasteiger partial charge in [0, 0.05) is 24.7 Å². The zero-order valence-corrected chi connectivity index (χ0v) is 14.5. The van der Waals surface area contributed by atoms with Gasteiger partial charge in [-0.3, -0.25) is 9.59 Å². The largest absolute Gasteiger partial charge is 0.326 e. The van der Waals surface area contributed by atoms with Crippen LogP contribution in [0, 0.1) is 11.6 Å². The molecule has 0 bridgehead atoms. The molecular formula is C19H18F2N4O2. The molecule has 1 amide bonds. The lowest BCUT2D eigenvalue weighted by molar-refractivity contribution is -0.116. The highest BCUT2D eigenvalue weighted by Crippen LogP contribution is 2.14. The smallest absolute Gasteiger partial charge is 0.277 e. The van der Waals surface area contributed by atoms with Crippen LogP contribution in [0.3, 0.4) is 0 Å². The van der Waals surface area contributed by atoms with Gasteiger partial charge < -0.3 is 5.32 Å². The van der Waals surface area contributed by atoms with E-state index >= 15 is 0 Å². The van der Waals surface area contributed by atoms with Crippen molar-refractivity contribution in [2.45, 2.75) is 32.2 Å². The summed E-state index contributed by atoms with van der Waals surface area (Å²) in [5.74, 6) is -2.24. The zero-order valence-electron chi connectivity index (χ0n) is 14.5. The molecule has 0 saturated heterocycles. The second kappa shape index (κ2) is 8.48. The standard InChI is InChI=1S/C19H18F2N4O2/c20-15-10-9-13(12-16(15)21)22-18(26)8-2-1-5-11-25-19(27)14-6-3-4-7-17(14)23-24-25/h3-4,6-7,9-10,12H,1-2,5,8,11H2,(H,22,26). The molecule has 0 radical (unpaired) electrons. The van der Waals surface area contributed by atoms with Gasteiger partial charge >= 0.3 is 0 Å². The summed E-state index contributed by atoms with van der Waals surface area (Å²) in [6, 6.07) is 10.2. The van der Waals surface area contributed by atoms with Gasteiger partial charge in [-0.2, -0.15) is 0 Å². The topological polar surface area (TPSA) is 76.9 Å². The fourth-order valence-corrected chi connectivity index (χ4v) is 2.69. The van der Waals surface area contributed by atoms with E-state index in [-0.39, 0.29) is 23.6 Å². The number of aryl methyl sites for hydroxylation is 1. The summed E-state index contributed by atoms with van der Waals surface area (Å²) >= 11 is 0. The molecule has 2 aromatic carbocycles. The molecule has 0 fully saturated rings. The van der Waals surface area contributed by atoms with Crippen LogP contribution < -0.4 is 10.9 Å². The van der Waals surface area contributed by atoms with Crippen LogP contribution in [0.5, 0.6) is 0 Å². The number of rotatable bonds is 7. The molecular weight excluding hydrogens is 354 g/mol. The Morgan fingerprint density at radius 1 is 1.04 bits per heavy atom.